The van der Waals surface area contributed by atoms with E-state index in [1.54, 1.807) is 56.4 Å². The van der Waals surface area contributed by atoms with E-state index < -0.39 is 18.1 Å². The van der Waals surface area contributed by atoms with Gasteiger partial charge in [-0.05, 0) is 25.1 Å². The fraction of sp³-hybridized carbons (Fsp3) is 0.318. The number of rotatable bonds is 7. The minimum absolute atomic E-state index is 0.147. The van der Waals surface area contributed by atoms with Gasteiger partial charge in [0.2, 0.25) is 11.8 Å². The fourth-order valence-corrected chi connectivity index (χ4v) is 3.53. The lowest BCUT2D eigenvalue weighted by molar-refractivity contribution is -0.123. The number of carbonyl (C=O) groups is 3. The van der Waals surface area contributed by atoms with Crippen LogP contribution in [0.2, 0.25) is 5.15 Å². The van der Waals surface area contributed by atoms with Crippen molar-refractivity contribution in [2.45, 2.75) is 19.4 Å². The molecular weight excluding hydrogens is 462 g/mol. The number of alkyl carbamates (subject to hydrolysis) is 1. The third kappa shape index (κ3) is 6.13. The van der Waals surface area contributed by atoms with Gasteiger partial charge >= 0.3 is 6.09 Å². The monoisotopic (exact) mass is 487 g/mol. The van der Waals surface area contributed by atoms with Gasteiger partial charge in [-0.25, -0.2) is 9.78 Å². The number of pyridine rings is 2. The quantitative estimate of drug-likeness (QED) is 0.432. The lowest BCUT2D eigenvalue weighted by atomic mass is 10.1. The predicted octanol–water partition coefficient (Wildman–Crippen LogP) is 1.84. The number of nitrogens with zero attached hydrogens (tertiary/aromatic N) is 3. The molecule has 12 heteroatoms. The molecule has 1 fully saturated rings. The normalized spacial score (nSPS) is 16.7. The SMILES string of the molecule is C[C@@H](OC(=O)N/C(=C(/N)c1ccc(NC(=O)[C@H]2CNC(=O)C2)cn1)N(C)C)c1cccnc1Cl. The molecule has 0 unspecified atom stereocenters. The van der Waals surface area contributed by atoms with Crippen molar-refractivity contribution in [2.24, 2.45) is 11.7 Å². The number of anilines is 1. The van der Waals surface area contributed by atoms with E-state index in [-0.39, 0.29) is 34.9 Å². The lowest BCUT2D eigenvalue weighted by Gasteiger charge is -2.22. The Bertz CT molecular complexity index is 1100. The average molecular weight is 488 g/mol. The summed E-state index contributed by atoms with van der Waals surface area (Å²) in [5.74, 6) is -0.560. The maximum Gasteiger partial charge on any atom is 0.413 e. The Hall–Kier alpha value is -3.86. The van der Waals surface area contributed by atoms with Crippen molar-refractivity contribution < 1.29 is 19.1 Å². The van der Waals surface area contributed by atoms with Crippen molar-refractivity contribution >= 4 is 40.9 Å². The van der Waals surface area contributed by atoms with E-state index in [2.05, 4.69) is 25.9 Å². The van der Waals surface area contributed by atoms with Crippen molar-refractivity contribution in [1.82, 2.24) is 25.5 Å². The van der Waals surface area contributed by atoms with Gasteiger partial charge < -0.3 is 26.0 Å². The first kappa shape index (κ1) is 24.8. The third-order valence-corrected chi connectivity index (χ3v) is 5.40. The van der Waals surface area contributed by atoms with E-state index in [0.29, 0.717) is 23.5 Å². The van der Waals surface area contributed by atoms with E-state index in [4.69, 9.17) is 22.1 Å². The molecular formula is C22H26ClN7O4. The molecule has 3 rings (SSSR count). The van der Waals surface area contributed by atoms with Crippen LogP contribution in [-0.2, 0) is 14.3 Å². The van der Waals surface area contributed by atoms with Gasteiger partial charge in [-0.1, -0.05) is 17.7 Å². The Morgan fingerprint density at radius 2 is 2.06 bits per heavy atom. The van der Waals surface area contributed by atoms with Gasteiger partial charge in [-0.3, -0.25) is 19.9 Å². The van der Waals surface area contributed by atoms with Crippen LogP contribution >= 0.6 is 11.6 Å². The molecule has 1 aliphatic heterocycles. The molecule has 3 amide bonds. The second kappa shape index (κ2) is 10.8. The molecule has 0 saturated carbocycles. The van der Waals surface area contributed by atoms with Gasteiger partial charge in [0.25, 0.3) is 0 Å². The summed E-state index contributed by atoms with van der Waals surface area (Å²) in [7, 11) is 3.41. The van der Waals surface area contributed by atoms with E-state index in [1.807, 2.05) is 0 Å². The molecule has 34 heavy (non-hydrogen) atoms. The number of ether oxygens (including phenoxy) is 1. The highest BCUT2D eigenvalue weighted by Gasteiger charge is 2.28. The Labute approximate surface area is 201 Å². The molecule has 0 aliphatic carbocycles. The Kier molecular flexibility index (Phi) is 7.90. The largest absolute Gasteiger partial charge is 0.441 e. The summed E-state index contributed by atoms with van der Waals surface area (Å²) < 4.78 is 5.42. The summed E-state index contributed by atoms with van der Waals surface area (Å²) in [6.07, 6.45) is 1.78. The van der Waals surface area contributed by atoms with Gasteiger partial charge in [0.1, 0.15) is 17.1 Å². The number of aromatic nitrogens is 2. The van der Waals surface area contributed by atoms with E-state index in [1.165, 1.54) is 6.20 Å². The van der Waals surface area contributed by atoms with Crippen LogP contribution in [0.5, 0.6) is 0 Å². The van der Waals surface area contributed by atoms with Crippen LogP contribution in [0.3, 0.4) is 0 Å². The smallest absolute Gasteiger partial charge is 0.413 e. The molecule has 0 bridgehead atoms. The van der Waals surface area contributed by atoms with E-state index in [0.717, 1.165) is 0 Å². The molecule has 2 aromatic heterocycles. The summed E-state index contributed by atoms with van der Waals surface area (Å²) in [4.78, 5) is 45.9. The van der Waals surface area contributed by atoms with Gasteiger partial charge in [-0.15, -0.1) is 0 Å². The summed E-state index contributed by atoms with van der Waals surface area (Å²) in [5, 5.41) is 8.23. The van der Waals surface area contributed by atoms with E-state index >= 15 is 0 Å². The number of carbonyl (C=O) groups excluding carboxylic acids is 3. The van der Waals surface area contributed by atoms with Crippen molar-refractivity contribution in [2.75, 3.05) is 26.0 Å². The molecule has 2 aromatic rings. The molecule has 1 saturated heterocycles. The molecule has 2 atom stereocenters. The minimum Gasteiger partial charge on any atom is -0.441 e. The molecule has 5 N–H and O–H groups in total. The maximum atomic E-state index is 12.5. The van der Waals surface area contributed by atoms with Crippen LogP contribution in [0.15, 0.2) is 42.5 Å². The molecule has 0 aromatic carbocycles. The lowest BCUT2D eigenvalue weighted by Crippen LogP contribution is -2.34. The molecule has 0 radical (unpaired) electrons. The highest BCUT2D eigenvalue weighted by molar-refractivity contribution is 6.30. The number of hydrogen-bond donors (Lipinski definition) is 4. The summed E-state index contributed by atoms with van der Waals surface area (Å²) in [5.41, 5.74) is 7.86. The summed E-state index contributed by atoms with van der Waals surface area (Å²) in [6, 6.07) is 6.66. The number of amides is 3. The molecule has 3 heterocycles. The van der Waals surface area contributed by atoms with Crippen molar-refractivity contribution in [3.05, 3.63) is 58.9 Å². The van der Waals surface area contributed by atoms with Crippen molar-refractivity contribution in [1.29, 1.82) is 0 Å². The highest BCUT2D eigenvalue weighted by atomic mass is 35.5. The number of halogens is 1. The second-order valence-corrected chi connectivity index (χ2v) is 8.20. The summed E-state index contributed by atoms with van der Waals surface area (Å²) >= 11 is 6.06. The zero-order valence-electron chi connectivity index (χ0n) is 19.0. The zero-order valence-corrected chi connectivity index (χ0v) is 19.7. The first-order valence-corrected chi connectivity index (χ1v) is 10.8. The van der Waals surface area contributed by atoms with Crippen molar-refractivity contribution in [3.63, 3.8) is 0 Å². The van der Waals surface area contributed by atoms with Crippen LogP contribution in [0.25, 0.3) is 5.70 Å². The van der Waals surface area contributed by atoms with Crippen molar-refractivity contribution in [3.8, 4) is 0 Å². The Balaban J connectivity index is 1.68. The predicted molar refractivity (Wildman–Crippen MR) is 126 cm³/mol. The first-order valence-electron chi connectivity index (χ1n) is 10.4. The molecule has 180 valence electrons. The second-order valence-electron chi connectivity index (χ2n) is 7.84. The maximum absolute atomic E-state index is 12.5. The van der Waals surface area contributed by atoms with Crippen LogP contribution in [-0.4, -0.2) is 53.4 Å². The minimum atomic E-state index is -0.734. The van der Waals surface area contributed by atoms with Gasteiger partial charge in [-0.2, -0.15) is 0 Å². The highest BCUT2D eigenvalue weighted by Crippen LogP contribution is 2.23. The number of hydrogen-bond acceptors (Lipinski definition) is 8. The van der Waals surface area contributed by atoms with Gasteiger partial charge in [0.15, 0.2) is 0 Å². The summed E-state index contributed by atoms with van der Waals surface area (Å²) in [6.45, 7) is 1.99. The van der Waals surface area contributed by atoms with Crippen LogP contribution in [0, 0.1) is 5.92 Å². The Morgan fingerprint density at radius 1 is 1.29 bits per heavy atom. The van der Waals surface area contributed by atoms with E-state index in [9.17, 15) is 14.4 Å². The molecule has 11 nitrogen and oxygen atoms in total. The number of nitrogens with one attached hydrogen (secondary N) is 3. The van der Waals surface area contributed by atoms with Crippen LogP contribution in [0.1, 0.15) is 30.7 Å². The Morgan fingerprint density at radius 3 is 2.65 bits per heavy atom. The average Bonchev–Trinajstić information content (AvgIpc) is 3.24. The zero-order chi connectivity index (χ0) is 24.8. The van der Waals surface area contributed by atoms with Crippen LogP contribution < -0.4 is 21.7 Å². The topological polar surface area (TPSA) is 152 Å². The van der Waals surface area contributed by atoms with Gasteiger partial charge in [0, 0.05) is 38.8 Å². The molecule has 0 spiro atoms. The van der Waals surface area contributed by atoms with Gasteiger partial charge in [0.05, 0.1) is 29.2 Å². The fourth-order valence-electron chi connectivity index (χ4n) is 3.26. The molecule has 1 aliphatic rings. The third-order valence-electron chi connectivity index (χ3n) is 5.09. The number of nitrogens with two attached hydrogens (primary N) is 1. The standard InChI is InChI=1S/C22H26ClN7O4/c1-12(15-5-4-8-25-19(15)23)34-22(33)29-20(30(2)3)18(24)16-7-6-14(11-26-16)28-21(32)13-9-17(31)27-10-13/h4-8,11-13H,9-10,24H2,1-3H3,(H,27,31)(H,28,32)(H,29,33)/b20-18-/t12-,13-/m1/s1. The van der Waals surface area contributed by atoms with Crippen LogP contribution in [0.4, 0.5) is 10.5 Å². The first-order chi connectivity index (χ1) is 16.2.